The molecule has 17 heavy (non-hydrogen) atoms. The summed E-state index contributed by atoms with van der Waals surface area (Å²) in [5.74, 6) is 2.71. The first-order valence-electron chi connectivity index (χ1n) is 5.79. The largest absolute Gasteiger partial charge is 0.337 e. The number of H-pyrrole nitrogens is 1. The lowest BCUT2D eigenvalue weighted by molar-refractivity contribution is -0.132. The Labute approximate surface area is 105 Å². The highest BCUT2D eigenvalue weighted by Crippen LogP contribution is 2.39. The molecule has 1 saturated heterocycles. The third kappa shape index (κ3) is 2.62. The van der Waals surface area contributed by atoms with E-state index < -0.39 is 0 Å². The summed E-state index contributed by atoms with van der Waals surface area (Å²) in [6.45, 7) is 4.36. The second kappa shape index (κ2) is 4.68. The minimum Gasteiger partial charge on any atom is -0.337 e. The third-order valence-corrected chi connectivity index (χ3v) is 4.55. The molecule has 1 aliphatic heterocycles. The maximum atomic E-state index is 12.3. The number of aromatic amines is 1. The maximum absolute atomic E-state index is 12.3. The number of hydrogen-bond donors (Lipinski definition) is 1. The van der Waals surface area contributed by atoms with Crippen LogP contribution in [0.5, 0.6) is 0 Å². The summed E-state index contributed by atoms with van der Waals surface area (Å²) >= 11 is 1.76. The average Bonchev–Trinajstić information content (AvgIpc) is 2.88. The van der Waals surface area contributed by atoms with Crippen LogP contribution in [0.3, 0.4) is 0 Å². The van der Waals surface area contributed by atoms with E-state index in [-0.39, 0.29) is 10.7 Å². The quantitative estimate of drug-likeness (QED) is 0.884. The van der Waals surface area contributed by atoms with E-state index in [0.717, 1.165) is 24.4 Å². The van der Waals surface area contributed by atoms with Crippen LogP contribution < -0.4 is 0 Å². The first-order chi connectivity index (χ1) is 8.01. The highest BCUT2D eigenvalue weighted by Gasteiger charge is 2.39. The molecule has 2 rings (SSSR count). The van der Waals surface area contributed by atoms with E-state index >= 15 is 0 Å². The van der Waals surface area contributed by atoms with Crippen LogP contribution in [0.25, 0.3) is 0 Å². The molecule has 2 heterocycles. The van der Waals surface area contributed by atoms with E-state index in [0.29, 0.717) is 12.4 Å². The number of carbonyl (C=O) groups excluding carboxylic acids is 1. The van der Waals surface area contributed by atoms with Crippen molar-refractivity contribution in [3.05, 3.63) is 11.6 Å². The zero-order valence-electron chi connectivity index (χ0n) is 10.5. The van der Waals surface area contributed by atoms with Crippen molar-refractivity contribution in [2.24, 2.45) is 0 Å². The minimum atomic E-state index is -0.250. The highest BCUT2D eigenvalue weighted by molar-refractivity contribution is 8.01. The van der Waals surface area contributed by atoms with Gasteiger partial charge in [-0.2, -0.15) is 5.10 Å². The summed E-state index contributed by atoms with van der Waals surface area (Å²) in [5, 5.41) is 6.84. The first-order valence-corrected chi connectivity index (χ1v) is 6.77. The van der Waals surface area contributed by atoms with Gasteiger partial charge in [-0.15, -0.1) is 11.8 Å². The predicted molar refractivity (Wildman–Crippen MR) is 67.7 cm³/mol. The van der Waals surface area contributed by atoms with Crippen molar-refractivity contribution in [3.8, 4) is 0 Å². The average molecular weight is 254 g/mol. The summed E-state index contributed by atoms with van der Waals surface area (Å²) < 4.78 is -0.250. The van der Waals surface area contributed by atoms with Gasteiger partial charge in [0, 0.05) is 7.05 Å². The summed E-state index contributed by atoms with van der Waals surface area (Å²) in [6, 6.07) is 0. The number of rotatable bonds is 3. The minimum absolute atomic E-state index is 0.183. The van der Waals surface area contributed by atoms with Crippen molar-refractivity contribution in [2.75, 3.05) is 12.8 Å². The molecular formula is C11H18N4OS. The normalized spacial score (nSPS) is 23.9. The van der Waals surface area contributed by atoms with Crippen LogP contribution in [-0.4, -0.2) is 43.5 Å². The fourth-order valence-corrected chi connectivity index (χ4v) is 3.40. The van der Waals surface area contributed by atoms with Gasteiger partial charge in [-0.25, -0.2) is 4.98 Å². The highest BCUT2D eigenvalue weighted by atomic mass is 32.2. The Morgan fingerprint density at radius 3 is 2.94 bits per heavy atom. The topological polar surface area (TPSA) is 61.9 Å². The van der Waals surface area contributed by atoms with E-state index in [9.17, 15) is 4.79 Å². The number of nitrogens with one attached hydrogen (secondary N) is 1. The SMILES string of the molecule is Cc1nc(CN(C)C(=O)C2(C)CCCS2)n[nH]1. The molecule has 0 spiro atoms. The number of carbonyl (C=O) groups is 1. The van der Waals surface area contributed by atoms with E-state index in [1.165, 1.54) is 0 Å². The van der Waals surface area contributed by atoms with Gasteiger partial charge in [0.1, 0.15) is 5.82 Å². The Morgan fingerprint density at radius 1 is 1.65 bits per heavy atom. The van der Waals surface area contributed by atoms with Crippen molar-refractivity contribution in [3.63, 3.8) is 0 Å². The van der Waals surface area contributed by atoms with Gasteiger partial charge >= 0.3 is 0 Å². The lowest BCUT2D eigenvalue weighted by Gasteiger charge is -2.27. The molecule has 6 heteroatoms. The molecule has 1 N–H and O–H groups in total. The van der Waals surface area contributed by atoms with Crippen molar-refractivity contribution in [2.45, 2.75) is 38.0 Å². The molecule has 5 nitrogen and oxygen atoms in total. The van der Waals surface area contributed by atoms with Crippen molar-refractivity contribution < 1.29 is 4.79 Å². The van der Waals surface area contributed by atoms with E-state index in [2.05, 4.69) is 15.2 Å². The second-order valence-corrected chi connectivity index (χ2v) is 6.28. The van der Waals surface area contributed by atoms with Crippen molar-refractivity contribution in [1.29, 1.82) is 0 Å². The third-order valence-electron chi connectivity index (χ3n) is 3.04. The van der Waals surface area contributed by atoms with Gasteiger partial charge in [-0.05, 0) is 32.4 Å². The molecule has 0 aromatic carbocycles. The van der Waals surface area contributed by atoms with E-state index in [1.807, 2.05) is 20.9 Å². The van der Waals surface area contributed by atoms with Crippen LogP contribution in [0.4, 0.5) is 0 Å². The molecule has 1 aromatic heterocycles. The lowest BCUT2D eigenvalue weighted by atomic mass is 10.0. The van der Waals surface area contributed by atoms with Crippen molar-refractivity contribution in [1.82, 2.24) is 20.1 Å². The summed E-state index contributed by atoms with van der Waals surface area (Å²) in [4.78, 5) is 18.3. The molecule has 0 saturated carbocycles. The number of nitrogens with zero attached hydrogens (tertiary/aromatic N) is 3. The summed E-state index contributed by atoms with van der Waals surface area (Å²) in [5.41, 5.74) is 0. The van der Waals surface area contributed by atoms with Gasteiger partial charge in [0.05, 0.1) is 11.3 Å². The maximum Gasteiger partial charge on any atom is 0.238 e. The van der Waals surface area contributed by atoms with E-state index in [4.69, 9.17) is 0 Å². The molecule has 1 aromatic rings. The molecule has 0 bridgehead atoms. The van der Waals surface area contributed by atoms with Crippen LogP contribution >= 0.6 is 11.8 Å². The molecule has 1 unspecified atom stereocenters. The first kappa shape index (κ1) is 12.4. The Balaban J connectivity index is 2.00. The molecule has 1 atom stereocenters. The number of aromatic nitrogens is 3. The molecule has 0 radical (unpaired) electrons. The van der Waals surface area contributed by atoms with Crippen LogP contribution in [0.2, 0.25) is 0 Å². The summed E-state index contributed by atoms with van der Waals surface area (Å²) in [7, 11) is 1.82. The smallest absolute Gasteiger partial charge is 0.238 e. The Hall–Kier alpha value is -1.04. The van der Waals surface area contributed by atoms with Gasteiger partial charge in [0.15, 0.2) is 5.82 Å². The number of amides is 1. The van der Waals surface area contributed by atoms with Crippen LogP contribution in [0, 0.1) is 6.92 Å². The van der Waals surface area contributed by atoms with Crippen molar-refractivity contribution >= 4 is 17.7 Å². The van der Waals surface area contributed by atoms with Gasteiger partial charge in [0.2, 0.25) is 5.91 Å². The van der Waals surface area contributed by atoms with Gasteiger partial charge < -0.3 is 4.90 Å². The standard InChI is InChI=1S/C11H18N4OS/c1-8-12-9(14-13-8)7-15(3)10(16)11(2)5-4-6-17-11/h4-7H2,1-3H3,(H,12,13,14). The monoisotopic (exact) mass is 254 g/mol. The van der Waals surface area contributed by atoms with Crippen LogP contribution in [0.15, 0.2) is 0 Å². The van der Waals surface area contributed by atoms with Crippen LogP contribution in [-0.2, 0) is 11.3 Å². The fraction of sp³-hybridized carbons (Fsp3) is 0.727. The van der Waals surface area contributed by atoms with E-state index in [1.54, 1.807) is 16.7 Å². The fourth-order valence-electron chi connectivity index (χ4n) is 2.10. The Bertz CT molecular complexity index is 411. The van der Waals surface area contributed by atoms with Crippen LogP contribution in [0.1, 0.15) is 31.4 Å². The molecule has 1 aliphatic rings. The zero-order valence-corrected chi connectivity index (χ0v) is 11.3. The molecule has 94 valence electrons. The van der Waals surface area contributed by atoms with Gasteiger partial charge in [0.25, 0.3) is 0 Å². The van der Waals surface area contributed by atoms with Gasteiger partial charge in [-0.3, -0.25) is 9.89 Å². The number of hydrogen-bond acceptors (Lipinski definition) is 4. The predicted octanol–water partition coefficient (Wildman–Crippen LogP) is 1.36. The Kier molecular flexibility index (Phi) is 3.42. The Morgan fingerprint density at radius 2 is 2.41 bits per heavy atom. The zero-order chi connectivity index (χ0) is 12.5. The van der Waals surface area contributed by atoms with Gasteiger partial charge in [-0.1, -0.05) is 0 Å². The molecular weight excluding hydrogens is 236 g/mol. The summed E-state index contributed by atoms with van der Waals surface area (Å²) in [6.07, 6.45) is 2.09. The number of aryl methyl sites for hydroxylation is 1. The molecule has 1 fully saturated rings. The molecule has 1 amide bonds. The lowest BCUT2D eigenvalue weighted by Crippen LogP contribution is -2.41. The second-order valence-electron chi connectivity index (χ2n) is 4.68. The number of thioether (sulfide) groups is 1. The molecule has 0 aliphatic carbocycles.